The molecule has 22 heavy (non-hydrogen) atoms. The average Bonchev–Trinajstić information content (AvgIpc) is 2.90. The fourth-order valence-corrected chi connectivity index (χ4v) is 2.72. The Morgan fingerprint density at radius 2 is 1.95 bits per heavy atom. The number of para-hydroxylation sites is 1. The number of fused-ring (bicyclic) bond motifs is 1. The predicted octanol–water partition coefficient (Wildman–Crippen LogP) is 4.34. The molecule has 2 nitrogen and oxygen atoms in total. The zero-order valence-electron chi connectivity index (χ0n) is 12.4. The quantitative estimate of drug-likeness (QED) is 0.721. The number of halogens is 2. The Labute approximate surface area is 128 Å². The molecule has 0 saturated carbocycles. The smallest absolute Gasteiger partial charge is 0.130 e. The van der Waals surface area contributed by atoms with Crippen LogP contribution >= 0.6 is 0 Å². The van der Waals surface area contributed by atoms with Gasteiger partial charge >= 0.3 is 0 Å². The molecule has 114 valence electrons. The van der Waals surface area contributed by atoms with Crippen molar-refractivity contribution in [3.05, 3.63) is 71.4 Å². The van der Waals surface area contributed by atoms with E-state index in [1.165, 1.54) is 23.1 Å². The van der Waals surface area contributed by atoms with Crippen LogP contribution in [0.5, 0.6) is 0 Å². The molecule has 3 rings (SSSR count). The first kappa shape index (κ1) is 14.7. The van der Waals surface area contributed by atoms with Crippen LogP contribution in [0.1, 0.15) is 24.1 Å². The standard InChI is InChI=1S/C18H18F2N2/c1-12(15-7-6-14(19)10-17(15)20)21-9-8-13-11-22-18-5-3-2-4-16(13)18/h2-7,10-12,21-22H,8-9H2,1H3. The molecule has 1 atom stereocenters. The molecule has 0 aliphatic rings. The van der Waals surface area contributed by atoms with Crippen LogP contribution in [0.25, 0.3) is 10.9 Å². The maximum absolute atomic E-state index is 13.7. The van der Waals surface area contributed by atoms with Crippen LogP contribution in [0.15, 0.2) is 48.7 Å². The van der Waals surface area contributed by atoms with Crippen molar-refractivity contribution in [1.82, 2.24) is 10.3 Å². The highest BCUT2D eigenvalue weighted by Crippen LogP contribution is 2.20. The van der Waals surface area contributed by atoms with Gasteiger partial charge in [0, 0.05) is 34.8 Å². The third-order valence-electron chi connectivity index (χ3n) is 3.95. The van der Waals surface area contributed by atoms with Crippen molar-refractivity contribution in [3.8, 4) is 0 Å². The molecule has 0 amide bonds. The number of benzene rings is 2. The molecule has 0 radical (unpaired) electrons. The van der Waals surface area contributed by atoms with Crippen molar-refractivity contribution in [1.29, 1.82) is 0 Å². The van der Waals surface area contributed by atoms with Crippen molar-refractivity contribution >= 4 is 10.9 Å². The van der Waals surface area contributed by atoms with Crippen LogP contribution in [0.3, 0.4) is 0 Å². The van der Waals surface area contributed by atoms with Gasteiger partial charge in [0.15, 0.2) is 0 Å². The van der Waals surface area contributed by atoms with E-state index in [0.29, 0.717) is 5.56 Å². The summed E-state index contributed by atoms with van der Waals surface area (Å²) in [6, 6.07) is 11.7. The molecule has 4 heteroatoms. The van der Waals surface area contributed by atoms with Crippen LogP contribution in [0.4, 0.5) is 8.78 Å². The lowest BCUT2D eigenvalue weighted by Crippen LogP contribution is -2.22. The van der Waals surface area contributed by atoms with Crippen LogP contribution in [-0.4, -0.2) is 11.5 Å². The molecular weight excluding hydrogens is 282 g/mol. The first-order valence-electron chi connectivity index (χ1n) is 7.38. The van der Waals surface area contributed by atoms with Gasteiger partial charge in [-0.2, -0.15) is 0 Å². The molecule has 1 aromatic heterocycles. The molecule has 0 aliphatic heterocycles. The second kappa shape index (κ2) is 6.28. The van der Waals surface area contributed by atoms with Gasteiger partial charge in [-0.05, 0) is 37.6 Å². The first-order valence-corrected chi connectivity index (χ1v) is 7.38. The summed E-state index contributed by atoms with van der Waals surface area (Å²) >= 11 is 0. The molecular formula is C18H18F2N2. The minimum Gasteiger partial charge on any atom is -0.361 e. The van der Waals surface area contributed by atoms with Crippen molar-refractivity contribution in [2.45, 2.75) is 19.4 Å². The van der Waals surface area contributed by atoms with E-state index in [1.54, 1.807) is 0 Å². The molecule has 0 aliphatic carbocycles. The van der Waals surface area contributed by atoms with Gasteiger partial charge in [-0.25, -0.2) is 8.78 Å². The van der Waals surface area contributed by atoms with Crippen LogP contribution in [0, 0.1) is 11.6 Å². The monoisotopic (exact) mass is 300 g/mol. The topological polar surface area (TPSA) is 27.8 Å². The molecule has 2 aromatic carbocycles. The number of aromatic amines is 1. The molecule has 0 spiro atoms. The fraction of sp³-hybridized carbons (Fsp3) is 0.222. The maximum Gasteiger partial charge on any atom is 0.130 e. The van der Waals surface area contributed by atoms with Gasteiger partial charge in [0.25, 0.3) is 0 Å². The Hall–Kier alpha value is -2.20. The summed E-state index contributed by atoms with van der Waals surface area (Å²) in [4.78, 5) is 3.24. The molecule has 2 N–H and O–H groups in total. The Bertz CT molecular complexity index is 780. The van der Waals surface area contributed by atoms with Gasteiger partial charge in [0.05, 0.1) is 0 Å². The summed E-state index contributed by atoms with van der Waals surface area (Å²) in [5.41, 5.74) is 2.84. The van der Waals surface area contributed by atoms with Crippen LogP contribution in [0.2, 0.25) is 0 Å². The van der Waals surface area contributed by atoms with Crippen LogP contribution in [-0.2, 0) is 6.42 Å². The highest BCUT2D eigenvalue weighted by molar-refractivity contribution is 5.83. The van der Waals surface area contributed by atoms with Gasteiger partial charge in [-0.1, -0.05) is 24.3 Å². The minimum atomic E-state index is -0.549. The van der Waals surface area contributed by atoms with E-state index in [4.69, 9.17) is 0 Å². The lowest BCUT2D eigenvalue weighted by Gasteiger charge is -2.15. The number of hydrogen-bond donors (Lipinski definition) is 2. The second-order valence-corrected chi connectivity index (χ2v) is 5.45. The van der Waals surface area contributed by atoms with E-state index in [1.807, 2.05) is 31.3 Å². The molecule has 0 bridgehead atoms. The number of aromatic nitrogens is 1. The van der Waals surface area contributed by atoms with Gasteiger partial charge in [-0.15, -0.1) is 0 Å². The summed E-state index contributed by atoms with van der Waals surface area (Å²) < 4.78 is 26.7. The SMILES string of the molecule is CC(NCCc1c[nH]c2ccccc12)c1ccc(F)cc1F. The van der Waals surface area contributed by atoms with E-state index >= 15 is 0 Å². The van der Waals surface area contributed by atoms with E-state index in [2.05, 4.69) is 16.4 Å². The Balaban J connectivity index is 1.63. The number of nitrogens with one attached hydrogen (secondary N) is 2. The summed E-state index contributed by atoms with van der Waals surface area (Å²) in [7, 11) is 0. The normalized spacial score (nSPS) is 12.7. The Morgan fingerprint density at radius 3 is 2.77 bits per heavy atom. The van der Waals surface area contributed by atoms with E-state index < -0.39 is 11.6 Å². The summed E-state index contributed by atoms with van der Waals surface area (Å²) in [5, 5.41) is 4.50. The number of rotatable bonds is 5. The Kier molecular flexibility index (Phi) is 4.20. The van der Waals surface area contributed by atoms with Gasteiger partial charge < -0.3 is 10.3 Å². The van der Waals surface area contributed by atoms with E-state index in [0.717, 1.165) is 24.5 Å². The van der Waals surface area contributed by atoms with Crippen molar-refractivity contribution in [3.63, 3.8) is 0 Å². The molecule has 3 aromatic rings. The van der Waals surface area contributed by atoms with Crippen molar-refractivity contribution < 1.29 is 8.78 Å². The zero-order valence-corrected chi connectivity index (χ0v) is 12.4. The number of hydrogen-bond acceptors (Lipinski definition) is 1. The number of H-pyrrole nitrogens is 1. The summed E-state index contributed by atoms with van der Waals surface area (Å²) in [5.74, 6) is -1.06. The fourth-order valence-electron chi connectivity index (χ4n) is 2.72. The molecule has 0 saturated heterocycles. The van der Waals surface area contributed by atoms with E-state index in [9.17, 15) is 8.78 Å². The van der Waals surface area contributed by atoms with Gasteiger partial charge in [0.1, 0.15) is 11.6 Å². The maximum atomic E-state index is 13.7. The van der Waals surface area contributed by atoms with Crippen molar-refractivity contribution in [2.75, 3.05) is 6.54 Å². The predicted molar refractivity (Wildman–Crippen MR) is 84.8 cm³/mol. The van der Waals surface area contributed by atoms with Gasteiger partial charge in [0.2, 0.25) is 0 Å². The second-order valence-electron chi connectivity index (χ2n) is 5.45. The summed E-state index contributed by atoms with van der Waals surface area (Å²) in [6.07, 6.45) is 2.85. The lowest BCUT2D eigenvalue weighted by atomic mass is 10.1. The van der Waals surface area contributed by atoms with Crippen molar-refractivity contribution in [2.24, 2.45) is 0 Å². The highest BCUT2D eigenvalue weighted by Gasteiger charge is 2.11. The van der Waals surface area contributed by atoms with Crippen LogP contribution < -0.4 is 5.32 Å². The minimum absolute atomic E-state index is 0.161. The third kappa shape index (κ3) is 3.02. The average molecular weight is 300 g/mol. The Morgan fingerprint density at radius 1 is 1.14 bits per heavy atom. The zero-order chi connectivity index (χ0) is 15.5. The molecule has 1 unspecified atom stereocenters. The first-order chi connectivity index (χ1) is 10.6. The largest absolute Gasteiger partial charge is 0.361 e. The van der Waals surface area contributed by atoms with E-state index in [-0.39, 0.29) is 6.04 Å². The summed E-state index contributed by atoms with van der Waals surface area (Å²) in [6.45, 7) is 2.60. The lowest BCUT2D eigenvalue weighted by molar-refractivity contribution is 0.520. The molecule has 0 fully saturated rings. The third-order valence-corrected chi connectivity index (χ3v) is 3.95. The molecule has 1 heterocycles. The highest BCUT2D eigenvalue weighted by atomic mass is 19.1. The van der Waals surface area contributed by atoms with Gasteiger partial charge in [-0.3, -0.25) is 0 Å².